The number of rotatable bonds is 6. The van der Waals surface area contributed by atoms with Gasteiger partial charge in [0.05, 0.1) is 23.5 Å². The molecule has 0 heterocycles. The molecule has 1 aromatic rings. The van der Waals surface area contributed by atoms with Crippen molar-refractivity contribution in [3.05, 3.63) is 35.4 Å². The molecule has 0 aliphatic carbocycles. The molecule has 0 fully saturated rings. The Labute approximate surface area is 114 Å². The largest absolute Gasteiger partial charge is 0.393 e. The number of nitrogens with zero attached hydrogens (tertiary/aromatic N) is 2. The number of hydrogen-bond donors (Lipinski definition) is 1. The molecule has 0 spiro atoms. The molecule has 0 aliphatic heterocycles. The van der Waals surface area contributed by atoms with Crippen molar-refractivity contribution in [2.24, 2.45) is 0 Å². The average molecular weight is 282 g/mol. The summed E-state index contributed by atoms with van der Waals surface area (Å²) >= 11 is 0. The highest BCUT2D eigenvalue weighted by Gasteiger charge is 2.18. The minimum Gasteiger partial charge on any atom is -0.393 e. The van der Waals surface area contributed by atoms with Crippen molar-refractivity contribution < 1.29 is 13.5 Å². The van der Waals surface area contributed by atoms with E-state index in [4.69, 9.17) is 10.4 Å². The molecule has 1 unspecified atom stereocenters. The Bertz CT molecular complexity index is 561. The first-order valence-corrected chi connectivity index (χ1v) is 7.57. The van der Waals surface area contributed by atoms with Crippen LogP contribution in [0.25, 0.3) is 0 Å². The second-order valence-corrected chi connectivity index (χ2v) is 6.60. The number of aliphatic hydroxyl groups is 1. The van der Waals surface area contributed by atoms with Gasteiger partial charge in [0.1, 0.15) is 0 Å². The maximum atomic E-state index is 12.1. The first kappa shape index (κ1) is 15.6. The van der Waals surface area contributed by atoms with E-state index in [0.29, 0.717) is 17.5 Å². The predicted octanol–water partition coefficient (Wildman–Crippen LogP) is 1.09. The van der Waals surface area contributed by atoms with Crippen LogP contribution in [0.4, 0.5) is 0 Å². The highest BCUT2D eigenvalue weighted by molar-refractivity contribution is 7.88. The topological polar surface area (TPSA) is 81.4 Å². The molecule has 1 rings (SSSR count). The average Bonchev–Trinajstić information content (AvgIpc) is 2.35. The Morgan fingerprint density at radius 2 is 2.16 bits per heavy atom. The summed E-state index contributed by atoms with van der Waals surface area (Å²) in [6.07, 6.45) is -0.131. The molecule has 1 aromatic carbocycles. The lowest BCUT2D eigenvalue weighted by molar-refractivity contribution is 0.177. The molecule has 0 radical (unpaired) electrons. The van der Waals surface area contributed by atoms with Crippen LogP contribution in [-0.2, 0) is 15.8 Å². The number of aliphatic hydroxyl groups excluding tert-OH is 1. The molecule has 0 aliphatic rings. The zero-order chi connectivity index (χ0) is 14.5. The van der Waals surface area contributed by atoms with Crippen molar-refractivity contribution in [2.45, 2.75) is 25.2 Å². The molecule has 0 saturated heterocycles. The normalized spacial score (nSPS) is 13.2. The van der Waals surface area contributed by atoms with E-state index in [0.717, 1.165) is 0 Å². The minimum atomic E-state index is -3.42. The van der Waals surface area contributed by atoms with Gasteiger partial charge in [0.2, 0.25) is 10.0 Å². The number of hydrogen-bond acceptors (Lipinski definition) is 4. The van der Waals surface area contributed by atoms with Crippen LogP contribution in [0.5, 0.6) is 0 Å². The van der Waals surface area contributed by atoms with Gasteiger partial charge in [-0.3, -0.25) is 0 Å². The molecule has 0 bridgehead atoms. The van der Waals surface area contributed by atoms with Gasteiger partial charge in [-0.05, 0) is 31.0 Å². The lowest BCUT2D eigenvalue weighted by atomic mass is 10.2. The molecule has 0 saturated carbocycles. The Balaban J connectivity index is 2.76. The van der Waals surface area contributed by atoms with Gasteiger partial charge in [-0.1, -0.05) is 12.1 Å². The summed E-state index contributed by atoms with van der Waals surface area (Å²) in [5.41, 5.74) is 1.03. The van der Waals surface area contributed by atoms with Crippen LogP contribution in [0.3, 0.4) is 0 Å². The monoisotopic (exact) mass is 282 g/mol. The molecule has 1 atom stereocenters. The van der Waals surface area contributed by atoms with E-state index in [1.807, 2.05) is 6.07 Å². The van der Waals surface area contributed by atoms with Crippen molar-refractivity contribution in [3.8, 4) is 6.07 Å². The lowest BCUT2D eigenvalue weighted by Gasteiger charge is -2.18. The van der Waals surface area contributed by atoms with Crippen LogP contribution >= 0.6 is 0 Å². The molecular weight excluding hydrogens is 264 g/mol. The Hall–Kier alpha value is -1.42. The van der Waals surface area contributed by atoms with Crippen molar-refractivity contribution in [3.63, 3.8) is 0 Å². The number of nitriles is 1. The third-order valence-corrected chi connectivity index (χ3v) is 4.57. The van der Waals surface area contributed by atoms with Crippen LogP contribution in [0.15, 0.2) is 24.3 Å². The Morgan fingerprint density at radius 3 is 2.74 bits per heavy atom. The first-order valence-electron chi connectivity index (χ1n) is 5.96. The second kappa shape index (κ2) is 6.66. The fourth-order valence-electron chi connectivity index (χ4n) is 1.56. The first-order chi connectivity index (χ1) is 8.85. The van der Waals surface area contributed by atoms with Gasteiger partial charge in [-0.2, -0.15) is 5.26 Å². The van der Waals surface area contributed by atoms with Crippen LogP contribution in [0.1, 0.15) is 24.5 Å². The molecule has 19 heavy (non-hydrogen) atoms. The Kier molecular flexibility index (Phi) is 5.48. The summed E-state index contributed by atoms with van der Waals surface area (Å²) in [7, 11) is -1.93. The fraction of sp³-hybridized carbons (Fsp3) is 0.462. The number of sulfonamides is 1. The summed E-state index contributed by atoms with van der Waals surface area (Å²) in [6.45, 7) is 1.90. The molecular formula is C13H18N2O3S. The van der Waals surface area contributed by atoms with Gasteiger partial charge >= 0.3 is 0 Å². The van der Waals surface area contributed by atoms with Crippen molar-refractivity contribution >= 4 is 10.0 Å². The highest BCUT2D eigenvalue weighted by Crippen LogP contribution is 2.12. The summed E-state index contributed by atoms with van der Waals surface area (Å²) in [4.78, 5) is 0. The molecule has 1 N–H and O–H groups in total. The van der Waals surface area contributed by atoms with E-state index < -0.39 is 16.1 Å². The molecule has 5 nitrogen and oxygen atoms in total. The van der Waals surface area contributed by atoms with E-state index in [2.05, 4.69) is 0 Å². The maximum absolute atomic E-state index is 12.1. The van der Waals surface area contributed by atoms with Crippen molar-refractivity contribution in [1.82, 2.24) is 4.31 Å². The zero-order valence-electron chi connectivity index (χ0n) is 11.1. The van der Waals surface area contributed by atoms with E-state index in [1.54, 1.807) is 31.2 Å². The molecule has 0 amide bonds. The quantitative estimate of drug-likeness (QED) is 0.847. The smallest absolute Gasteiger partial charge is 0.218 e. The van der Waals surface area contributed by atoms with Gasteiger partial charge in [0, 0.05) is 13.6 Å². The van der Waals surface area contributed by atoms with E-state index in [1.165, 1.54) is 11.4 Å². The molecule has 104 valence electrons. The molecule has 0 aromatic heterocycles. The highest BCUT2D eigenvalue weighted by atomic mass is 32.2. The van der Waals surface area contributed by atoms with Gasteiger partial charge in [-0.25, -0.2) is 12.7 Å². The SMILES string of the molecule is CC(O)CCN(C)S(=O)(=O)Cc1cccc(C#N)c1. The minimum absolute atomic E-state index is 0.140. The van der Waals surface area contributed by atoms with E-state index in [9.17, 15) is 8.42 Å². The second-order valence-electron chi connectivity index (χ2n) is 4.53. The van der Waals surface area contributed by atoms with Crippen molar-refractivity contribution in [2.75, 3.05) is 13.6 Å². The Morgan fingerprint density at radius 1 is 1.47 bits per heavy atom. The summed E-state index contributed by atoms with van der Waals surface area (Å²) in [5.74, 6) is -0.140. The van der Waals surface area contributed by atoms with Crippen LogP contribution in [0.2, 0.25) is 0 Å². The van der Waals surface area contributed by atoms with E-state index >= 15 is 0 Å². The maximum Gasteiger partial charge on any atom is 0.218 e. The number of benzene rings is 1. The summed E-state index contributed by atoms with van der Waals surface area (Å²) < 4.78 is 25.4. The van der Waals surface area contributed by atoms with Gasteiger partial charge in [-0.15, -0.1) is 0 Å². The fourth-order valence-corrected chi connectivity index (χ4v) is 2.76. The van der Waals surface area contributed by atoms with Gasteiger partial charge in [0.15, 0.2) is 0 Å². The zero-order valence-corrected chi connectivity index (χ0v) is 11.9. The van der Waals surface area contributed by atoms with Crippen LogP contribution < -0.4 is 0 Å². The third kappa shape index (κ3) is 4.99. The summed E-state index contributed by atoms with van der Waals surface area (Å²) in [5, 5.41) is 17.9. The van der Waals surface area contributed by atoms with Gasteiger partial charge < -0.3 is 5.11 Å². The standard InChI is InChI=1S/C13H18N2O3S/c1-11(16)6-7-15(2)19(17,18)10-13-5-3-4-12(8-13)9-14/h3-5,8,11,16H,6-7,10H2,1-2H3. The molecule has 6 heteroatoms. The van der Waals surface area contributed by atoms with Crippen LogP contribution in [0, 0.1) is 11.3 Å². The lowest BCUT2D eigenvalue weighted by Crippen LogP contribution is -2.30. The predicted molar refractivity (Wildman–Crippen MR) is 72.7 cm³/mol. The van der Waals surface area contributed by atoms with Gasteiger partial charge in [0.25, 0.3) is 0 Å². The van der Waals surface area contributed by atoms with E-state index in [-0.39, 0.29) is 12.3 Å². The van der Waals surface area contributed by atoms with Crippen molar-refractivity contribution in [1.29, 1.82) is 5.26 Å². The van der Waals surface area contributed by atoms with Crippen LogP contribution in [-0.4, -0.2) is 37.5 Å². The summed E-state index contributed by atoms with van der Waals surface area (Å²) in [6, 6.07) is 8.53. The third-order valence-electron chi connectivity index (χ3n) is 2.74.